The largest absolute Gasteiger partial charge is 0.484 e. The minimum absolute atomic E-state index is 0.186. The summed E-state index contributed by atoms with van der Waals surface area (Å²) in [6.45, 7) is 6.29. The molecule has 0 radical (unpaired) electrons. The van der Waals surface area contributed by atoms with E-state index in [0.29, 0.717) is 22.3 Å². The van der Waals surface area contributed by atoms with Crippen LogP contribution >= 0.6 is 23.2 Å². The molecule has 0 fully saturated rings. The summed E-state index contributed by atoms with van der Waals surface area (Å²) >= 11 is 12.1. The zero-order chi connectivity index (χ0) is 22.1. The third-order valence-corrected chi connectivity index (χ3v) is 5.39. The van der Waals surface area contributed by atoms with Gasteiger partial charge >= 0.3 is 0 Å². The van der Waals surface area contributed by atoms with Gasteiger partial charge < -0.3 is 15.0 Å². The zero-order valence-corrected chi connectivity index (χ0v) is 19.1. The molecule has 0 saturated carbocycles. The van der Waals surface area contributed by atoms with Crippen molar-refractivity contribution in [1.82, 2.24) is 10.2 Å². The third kappa shape index (κ3) is 7.22. The van der Waals surface area contributed by atoms with Crippen LogP contribution in [0.2, 0.25) is 10.0 Å². The second kappa shape index (κ2) is 11.8. The van der Waals surface area contributed by atoms with Crippen LogP contribution < -0.4 is 10.1 Å². The Morgan fingerprint density at radius 2 is 1.93 bits per heavy atom. The molecule has 0 heterocycles. The fraction of sp³-hybridized carbons (Fsp3) is 0.391. The van der Waals surface area contributed by atoms with Crippen LogP contribution in [0.4, 0.5) is 0 Å². The molecule has 0 aliphatic heterocycles. The molecule has 0 saturated heterocycles. The highest BCUT2D eigenvalue weighted by Crippen LogP contribution is 2.21. The molecule has 5 nitrogen and oxygen atoms in total. The Balaban J connectivity index is 2.12. The van der Waals surface area contributed by atoms with Gasteiger partial charge in [-0.25, -0.2) is 0 Å². The van der Waals surface area contributed by atoms with Gasteiger partial charge in [-0.1, -0.05) is 48.7 Å². The van der Waals surface area contributed by atoms with Crippen molar-refractivity contribution in [3.8, 4) is 5.75 Å². The van der Waals surface area contributed by atoms with Crippen molar-refractivity contribution in [2.75, 3.05) is 13.2 Å². The van der Waals surface area contributed by atoms with Crippen molar-refractivity contribution >= 4 is 35.0 Å². The fourth-order valence-electron chi connectivity index (χ4n) is 2.89. The molecule has 2 amide bonds. The van der Waals surface area contributed by atoms with Crippen LogP contribution in [0.5, 0.6) is 5.75 Å². The number of aryl methyl sites for hydroxylation is 1. The van der Waals surface area contributed by atoms with Gasteiger partial charge in [0.1, 0.15) is 11.8 Å². The highest BCUT2D eigenvalue weighted by molar-refractivity contribution is 6.31. The zero-order valence-electron chi connectivity index (χ0n) is 17.6. The van der Waals surface area contributed by atoms with Gasteiger partial charge in [0.25, 0.3) is 5.91 Å². The smallest absolute Gasteiger partial charge is 0.261 e. The van der Waals surface area contributed by atoms with E-state index in [1.54, 1.807) is 37.3 Å². The van der Waals surface area contributed by atoms with Crippen molar-refractivity contribution in [3.63, 3.8) is 0 Å². The maximum absolute atomic E-state index is 13.0. The first-order valence-electron chi connectivity index (χ1n) is 10.0. The van der Waals surface area contributed by atoms with E-state index in [4.69, 9.17) is 27.9 Å². The first-order chi connectivity index (χ1) is 14.3. The van der Waals surface area contributed by atoms with Gasteiger partial charge in [0.2, 0.25) is 5.91 Å². The second-order valence-corrected chi connectivity index (χ2v) is 8.02. The number of hydrogen-bond acceptors (Lipinski definition) is 3. The number of benzene rings is 2. The van der Waals surface area contributed by atoms with E-state index in [0.717, 1.165) is 24.0 Å². The number of halogens is 2. The fourth-order valence-corrected chi connectivity index (χ4v) is 3.22. The number of carbonyl (C=O) groups is 2. The lowest BCUT2D eigenvalue weighted by Crippen LogP contribution is -2.49. The Kier molecular flexibility index (Phi) is 9.47. The average molecular weight is 451 g/mol. The summed E-state index contributed by atoms with van der Waals surface area (Å²) in [5.74, 6) is 0.0647. The van der Waals surface area contributed by atoms with Gasteiger partial charge in [0, 0.05) is 23.1 Å². The van der Waals surface area contributed by atoms with Gasteiger partial charge in [-0.2, -0.15) is 0 Å². The van der Waals surface area contributed by atoms with E-state index >= 15 is 0 Å². The lowest BCUT2D eigenvalue weighted by atomic mass is 10.1. The van der Waals surface area contributed by atoms with Gasteiger partial charge in [0.15, 0.2) is 6.61 Å². The van der Waals surface area contributed by atoms with Gasteiger partial charge in [0.05, 0.1) is 0 Å². The van der Waals surface area contributed by atoms with Crippen LogP contribution in [-0.2, 0) is 16.1 Å². The van der Waals surface area contributed by atoms with Gasteiger partial charge in [-0.15, -0.1) is 0 Å². The molecule has 0 aliphatic carbocycles. The number of hydrogen-bond donors (Lipinski definition) is 1. The lowest BCUT2D eigenvalue weighted by molar-refractivity contribution is -0.142. The average Bonchev–Trinajstić information content (AvgIpc) is 2.72. The van der Waals surface area contributed by atoms with Crippen molar-refractivity contribution < 1.29 is 14.3 Å². The highest BCUT2D eigenvalue weighted by atomic mass is 35.5. The Labute approximate surface area is 188 Å². The molecule has 2 aromatic rings. The molecule has 1 atom stereocenters. The number of ether oxygens (including phenoxy) is 1. The summed E-state index contributed by atoms with van der Waals surface area (Å²) in [6.07, 6.45) is 1.87. The Bertz CT molecular complexity index is 873. The first kappa shape index (κ1) is 24.0. The van der Waals surface area contributed by atoms with E-state index in [2.05, 4.69) is 12.2 Å². The van der Waals surface area contributed by atoms with Crippen molar-refractivity contribution in [2.45, 2.75) is 46.2 Å². The standard InChI is InChI=1S/C23H28Cl2N2O3/c1-4-5-11-26-23(29)17(3)27(14-18-7-6-8-19(24)13-18)22(28)15-30-20-9-10-21(25)16(2)12-20/h6-10,12-13,17H,4-5,11,14-15H2,1-3H3,(H,26,29)/t17-/m0/s1. The van der Waals surface area contributed by atoms with Crippen LogP contribution in [0, 0.1) is 6.92 Å². The van der Waals surface area contributed by atoms with E-state index < -0.39 is 6.04 Å². The molecule has 2 aromatic carbocycles. The summed E-state index contributed by atoms with van der Waals surface area (Å²) < 4.78 is 5.67. The number of nitrogens with zero attached hydrogens (tertiary/aromatic N) is 1. The van der Waals surface area contributed by atoms with E-state index in [1.807, 2.05) is 19.1 Å². The summed E-state index contributed by atoms with van der Waals surface area (Å²) in [4.78, 5) is 27.1. The number of carbonyl (C=O) groups excluding carboxylic acids is 2. The Morgan fingerprint density at radius 1 is 1.17 bits per heavy atom. The molecule has 0 aromatic heterocycles. The Morgan fingerprint density at radius 3 is 2.60 bits per heavy atom. The first-order valence-corrected chi connectivity index (χ1v) is 10.8. The second-order valence-electron chi connectivity index (χ2n) is 7.17. The maximum atomic E-state index is 13.0. The normalized spacial score (nSPS) is 11.6. The monoisotopic (exact) mass is 450 g/mol. The van der Waals surface area contributed by atoms with Crippen LogP contribution in [0.3, 0.4) is 0 Å². The Hall–Kier alpha value is -2.24. The third-order valence-electron chi connectivity index (χ3n) is 4.73. The van der Waals surface area contributed by atoms with Gasteiger partial charge in [-0.3, -0.25) is 9.59 Å². The minimum Gasteiger partial charge on any atom is -0.484 e. The van der Waals surface area contributed by atoms with Crippen LogP contribution in [0.25, 0.3) is 0 Å². The molecule has 162 valence electrons. The predicted molar refractivity (Wildman–Crippen MR) is 121 cm³/mol. The number of unbranched alkanes of at least 4 members (excludes halogenated alkanes) is 1. The maximum Gasteiger partial charge on any atom is 0.261 e. The molecule has 2 rings (SSSR count). The number of rotatable bonds is 10. The molecule has 0 unspecified atom stereocenters. The highest BCUT2D eigenvalue weighted by Gasteiger charge is 2.26. The number of amides is 2. The van der Waals surface area contributed by atoms with E-state index in [1.165, 1.54) is 4.90 Å². The molecular formula is C23H28Cl2N2O3. The quantitative estimate of drug-likeness (QED) is 0.517. The van der Waals surface area contributed by atoms with Crippen LogP contribution in [0.15, 0.2) is 42.5 Å². The lowest BCUT2D eigenvalue weighted by Gasteiger charge is -2.29. The van der Waals surface area contributed by atoms with Gasteiger partial charge in [-0.05, 0) is 61.7 Å². The van der Waals surface area contributed by atoms with Crippen LogP contribution in [0.1, 0.15) is 37.8 Å². The predicted octanol–water partition coefficient (Wildman–Crippen LogP) is 5.01. The topological polar surface area (TPSA) is 58.6 Å². The molecule has 1 N–H and O–H groups in total. The number of nitrogens with one attached hydrogen (secondary N) is 1. The van der Waals surface area contributed by atoms with Crippen molar-refractivity contribution in [3.05, 3.63) is 63.6 Å². The van der Waals surface area contributed by atoms with E-state index in [9.17, 15) is 9.59 Å². The SMILES string of the molecule is CCCCNC(=O)[C@H](C)N(Cc1cccc(Cl)c1)C(=O)COc1ccc(Cl)c(C)c1. The molecule has 0 spiro atoms. The molecule has 7 heteroatoms. The molecular weight excluding hydrogens is 423 g/mol. The van der Waals surface area contributed by atoms with Crippen molar-refractivity contribution in [1.29, 1.82) is 0 Å². The van der Waals surface area contributed by atoms with Crippen molar-refractivity contribution in [2.24, 2.45) is 0 Å². The summed E-state index contributed by atoms with van der Waals surface area (Å²) in [6, 6.07) is 11.8. The molecule has 30 heavy (non-hydrogen) atoms. The van der Waals surface area contributed by atoms with Crippen LogP contribution in [-0.4, -0.2) is 35.9 Å². The minimum atomic E-state index is -0.649. The molecule has 0 aliphatic rings. The summed E-state index contributed by atoms with van der Waals surface area (Å²) in [5.41, 5.74) is 1.70. The molecule has 0 bridgehead atoms. The summed E-state index contributed by atoms with van der Waals surface area (Å²) in [5, 5.41) is 4.10. The summed E-state index contributed by atoms with van der Waals surface area (Å²) in [7, 11) is 0. The van der Waals surface area contributed by atoms with E-state index in [-0.39, 0.29) is 25.0 Å².